The molecule has 0 aliphatic heterocycles. The van der Waals surface area contributed by atoms with E-state index >= 15 is 0 Å². The van der Waals surface area contributed by atoms with E-state index in [1.807, 2.05) is 12.1 Å². The fourth-order valence-electron chi connectivity index (χ4n) is 2.75. The third-order valence-electron chi connectivity index (χ3n) is 4.39. The summed E-state index contributed by atoms with van der Waals surface area (Å²) in [6.45, 7) is 1.60. The van der Waals surface area contributed by atoms with E-state index in [0.717, 1.165) is 15.9 Å². The highest BCUT2D eigenvalue weighted by Crippen LogP contribution is 2.11. The summed E-state index contributed by atoms with van der Waals surface area (Å²) in [5, 5.41) is 4.09. The van der Waals surface area contributed by atoms with E-state index in [4.69, 9.17) is 4.74 Å². The van der Waals surface area contributed by atoms with Crippen molar-refractivity contribution in [2.24, 2.45) is 19.2 Å². The Kier molecular flexibility index (Phi) is 5.12. The Labute approximate surface area is 159 Å². The van der Waals surface area contributed by atoms with Crippen LogP contribution in [0.25, 0.3) is 11.2 Å². The molecule has 3 rings (SSSR count). The number of amides is 1. The molecule has 0 radical (unpaired) electrons. The normalized spacial score (nSPS) is 11.6. The topological polar surface area (TPSA) is 113 Å². The van der Waals surface area contributed by atoms with Gasteiger partial charge in [0.05, 0.1) is 19.1 Å². The Morgan fingerprint density at radius 1 is 1.18 bits per heavy atom. The van der Waals surface area contributed by atoms with Gasteiger partial charge in [-0.2, -0.15) is 5.10 Å². The number of rotatable bonds is 5. The molecule has 28 heavy (non-hydrogen) atoms. The van der Waals surface area contributed by atoms with E-state index in [9.17, 15) is 14.4 Å². The highest BCUT2D eigenvalue weighted by Gasteiger charge is 2.15. The summed E-state index contributed by atoms with van der Waals surface area (Å²) in [5.74, 6) is 0.298. The zero-order valence-electron chi connectivity index (χ0n) is 16.0. The molecule has 1 amide bonds. The first kappa shape index (κ1) is 19.1. The van der Waals surface area contributed by atoms with Crippen molar-refractivity contribution in [1.82, 2.24) is 24.1 Å². The molecule has 0 bridgehead atoms. The van der Waals surface area contributed by atoms with Crippen LogP contribution >= 0.6 is 0 Å². The van der Waals surface area contributed by atoms with Gasteiger partial charge in [0, 0.05) is 14.1 Å². The van der Waals surface area contributed by atoms with Gasteiger partial charge < -0.3 is 9.30 Å². The molecule has 0 aliphatic rings. The molecule has 0 spiro atoms. The molecule has 10 nitrogen and oxygen atoms in total. The first-order chi connectivity index (χ1) is 13.3. The van der Waals surface area contributed by atoms with Crippen LogP contribution in [0.2, 0.25) is 0 Å². The zero-order valence-corrected chi connectivity index (χ0v) is 16.0. The van der Waals surface area contributed by atoms with Gasteiger partial charge in [-0.1, -0.05) is 0 Å². The lowest BCUT2D eigenvalue weighted by Crippen LogP contribution is -2.38. The van der Waals surface area contributed by atoms with E-state index < -0.39 is 17.2 Å². The van der Waals surface area contributed by atoms with E-state index in [0.29, 0.717) is 5.71 Å². The number of methoxy groups -OCH3 is 1. The van der Waals surface area contributed by atoms with Crippen LogP contribution < -0.4 is 21.4 Å². The van der Waals surface area contributed by atoms with Gasteiger partial charge in [-0.15, -0.1) is 0 Å². The minimum atomic E-state index is -0.513. The van der Waals surface area contributed by atoms with Crippen molar-refractivity contribution in [3.63, 3.8) is 0 Å². The SMILES string of the molecule is COc1ccc(/C(C)=N\NC(=O)Cn2cnc3c2c(=O)n(C)c(=O)n3C)cc1. The Bertz CT molecular complexity index is 1180. The number of fused-ring (bicyclic) bond motifs is 1. The van der Waals surface area contributed by atoms with Crippen LogP contribution in [0.5, 0.6) is 5.75 Å². The highest BCUT2D eigenvalue weighted by atomic mass is 16.5. The van der Waals surface area contributed by atoms with Gasteiger partial charge in [0.15, 0.2) is 11.2 Å². The maximum Gasteiger partial charge on any atom is 0.332 e. The summed E-state index contributed by atoms with van der Waals surface area (Å²) >= 11 is 0. The van der Waals surface area contributed by atoms with Crippen LogP contribution in [-0.2, 0) is 25.4 Å². The van der Waals surface area contributed by atoms with Crippen molar-refractivity contribution >= 4 is 22.8 Å². The lowest BCUT2D eigenvalue weighted by molar-refractivity contribution is -0.121. The van der Waals surface area contributed by atoms with Gasteiger partial charge in [-0.25, -0.2) is 15.2 Å². The first-order valence-corrected chi connectivity index (χ1v) is 8.42. The molecule has 0 saturated carbocycles. The fourth-order valence-corrected chi connectivity index (χ4v) is 2.75. The summed E-state index contributed by atoms with van der Waals surface area (Å²) in [5.41, 5.74) is 3.32. The van der Waals surface area contributed by atoms with Crippen LogP contribution in [0.1, 0.15) is 12.5 Å². The van der Waals surface area contributed by atoms with Gasteiger partial charge in [0.25, 0.3) is 11.5 Å². The van der Waals surface area contributed by atoms with Crippen molar-refractivity contribution in [1.29, 1.82) is 0 Å². The molecular weight excluding hydrogens is 364 g/mol. The summed E-state index contributed by atoms with van der Waals surface area (Å²) in [6.07, 6.45) is 1.35. The van der Waals surface area contributed by atoms with Gasteiger partial charge in [-0.3, -0.25) is 18.7 Å². The van der Waals surface area contributed by atoms with E-state index in [-0.39, 0.29) is 17.7 Å². The lowest BCUT2D eigenvalue weighted by atomic mass is 10.1. The second-order valence-electron chi connectivity index (χ2n) is 6.21. The Hall–Kier alpha value is -3.69. The molecule has 1 N–H and O–H groups in total. The minimum Gasteiger partial charge on any atom is -0.497 e. The van der Waals surface area contributed by atoms with E-state index in [1.165, 1.54) is 29.6 Å². The quantitative estimate of drug-likeness (QED) is 0.491. The van der Waals surface area contributed by atoms with Crippen LogP contribution in [0, 0.1) is 0 Å². The number of benzene rings is 1. The Balaban J connectivity index is 1.80. The van der Waals surface area contributed by atoms with Crippen LogP contribution in [0.3, 0.4) is 0 Å². The fraction of sp³-hybridized carbons (Fsp3) is 0.278. The number of carbonyl (C=O) groups is 1. The summed E-state index contributed by atoms with van der Waals surface area (Å²) in [7, 11) is 4.48. The van der Waals surface area contributed by atoms with Gasteiger partial charge in [0.2, 0.25) is 0 Å². The number of aromatic nitrogens is 4. The molecule has 2 aromatic heterocycles. The third kappa shape index (κ3) is 3.43. The number of hydrazone groups is 1. The summed E-state index contributed by atoms with van der Waals surface area (Å²) in [4.78, 5) is 40.7. The number of imidazole rings is 1. The molecule has 1 aromatic carbocycles. The first-order valence-electron chi connectivity index (χ1n) is 8.42. The Morgan fingerprint density at radius 2 is 1.86 bits per heavy atom. The zero-order chi connectivity index (χ0) is 20.4. The average Bonchev–Trinajstić information content (AvgIpc) is 3.12. The number of carbonyl (C=O) groups excluding carboxylic acids is 1. The van der Waals surface area contributed by atoms with Gasteiger partial charge in [0.1, 0.15) is 12.3 Å². The lowest BCUT2D eigenvalue weighted by Gasteiger charge is -2.07. The molecule has 3 aromatic rings. The van der Waals surface area contributed by atoms with Crippen molar-refractivity contribution in [3.8, 4) is 5.75 Å². The Morgan fingerprint density at radius 3 is 2.50 bits per heavy atom. The summed E-state index contributed by atoms with van der Waals surface area (Å²) < 4.78 is 8.74. The number of nitrogens with one attached hydrogen (secondary N) is 1. The molecule has 0 saturated heterocycles. The van der Waals surface area contributed by atoms with Crippen molar-refractivity contribution in [3.05, 3.63) is 57.0 Å². The number of hydrogen-bond donors (Lipinski definition) is 1. The minimum absolute atomic E-state index is 0.163. The smallest absolute Gasteiger partial charge is 0.332 e. The summed E-state index contributed by atoms with van der Waals surface area (Å²) in [6, 6.07) is 7.26. The molecule has 0 aliphatic carbocycles. The van der Waals surface area contributed by atoms with E-state index in [1.54, 1.807) is 26.2 Å². The molecule has 0 fully saturated rings. The second-order valence-corrected chi connectivity index (χ2v) is 6.21. The van der Waals surface area contributed by atoms with Crippen LogP contribution in [0.4, 0.5) is 0 Å². The molecule has 146 valence electrons. The maximum absolute atomic E-state index is 12.4. The number of aryl methyl sites for hydroxylation is 1. The average molecular weight is 384 g/mol. The maximum atomic E-state index is 12.4. The van der Waals surface area contributed by atoms with Crippen LogP contribution in [0.15, 0.2) is 45.3 Å². The predicted molar refractivity (Wildman–Crippen MR) is 104 cm³/mol. The number of hydrogen-bond acceptors (Lipinski definition) is 6. The van der Waals surface area contributed by atoms with Crippen molar-refractivity contribution in [2.75, 3.05) is 7.11 Å². The molecule has 0 atom stereocenters. The van der Waals surface area contributed by atoms with Crippen LogP contribution in [-0.4, -0.2) is 37.4 Å². The van der Waals surface area contributed by atoms with Crippen molar-refractivity contribution < 1.29 is 9.53 Å². The molecular formula is C18H20N6O4. The standard InChI is InChI=1S/C18H20N6O4/c1-11(12-5-7-13(28-4)8-6-12)20-21-14(25)9-24-10-19-16-15(24)17(26)23(3)18(27)22(16)2/h5-8,10H,9H2,1-4H3,(H,21,25)/b20-11-. The second kappa shape index (κ2) is 7.51. The number of nitrogens with zero attached hydrogens (tertiary/aromatic N) is 5. The predicted octanol–water partition coefficient (Wildman–Crippen LogP) is -0.0173. The van der Waals surface area contributed by atoms with Gasteiger partial charge in [-0.05, 0) is 36.8 Å². The molecule has 2 heterocycles. The van der Waals surface area contributed by atoms with Gasteiger partial charge >= 0.3 is 5.69 Å². The largest absolute Gasteiger partial charge is 0.497 e. The monoisotopic (exact) mass is 384 g/mol. The highest BCUT2D eigenvalue weighted by molar-refractivity contribution is 5.99. The third-order valence-corrected chi connectivity index (χ3v) is 4.39. The van der Waals surface area contributed by atoms with Crippen molar-refractivity contribution in [2.45, 2.75) is 13.5 Å². The molecule has 10 heteroatoms. The van der Waals surface area contributed by atoms with E-state index in [2.05, 4.69) is 15.5 Å². The molecule has 0 unspecified atom stereocenters. The number of ether oxygens (including phenoxy) is 1.